The molecule has 0 heterocycles. The first-order valence-corrected chi connectivity index (χ1v) is 6.87. The Bertz CT molecular complexity index is 338. The van der Waals surface area contributed by atoms with Crippen molar-refractivity contribution in [1.29, 1.82) is 0 Å². The number of aliphatic carboxylic acids is 1. The normalized spacial score (nSPS) is 12.6. The Morgan fingerprint density at radius 1 is 1.32 bits per heavy atom. The lowest BCUT2D eigenvalue weighted by molar-refractivity contribution is -0.143. The fraction of sp³-hybridized carbons (Fsp3) is 0.750. The lowest BCUT2D eigenvalue weighted by atomic mass is 10.1. The van der Waals surface area contributed by atoms with E-state index in [2.05, 4.69) is 10.1 Å². The van der Waals surface area contributed by atoms with Crippen LogP contribution in [0, 0.1) is 0 Å². The third-order valence-electron chi connectivity index (χ3n) is 2.13. The summed E-state index contributed by atoms with van der Waals surface area (Å²) in [5.41, 5.74) is 0. The molecule has 2 N–H and O–H groups in total. The van der Waals surface area contributed by atoms with Gasteiger partial charge in [0, 0.05) is 11.2 Å². The number of rotatable bonds is 7. The number of carboxylic acid groups (broad SMARTS) is 1. The molecule has 110 valence electrons. The summed E-state index contributed by atoms with van der Waals surface area (Å²) in [6.45, 7) is 5.91. The van der Waals surface area contributed by atoms with Crippen molar-refractivity contribution in [3.05, 3.63) is 0 Å². The third-order valence-corrected chi connectivity index (χ3v) is 3.41. The number of esters is 1. The molecule has 0 bridgehead atoms. The molecule has 0 rings (SSSR count). The van der Waals surface area contributed by atoms with E-state index < -0.39 is 18.0 Å². The van der Waals surface area contributed by atoms with Crippen LogP contribution in [-0.4, -0.2) is 46.6 Å². The second-order valence-corrected chi connectivity index (χ2v) is 6.78. The molecule has 0 saturated heterocycles. The largest absolute Gasteiger partial charge is 0.480 e. The van der Waals surface area contributed by atoms with Crippen molar-refractivity contribution in [3.8, 4) is 0 Å². The summed E-state index contributed by atoms with van der Waals surface area (Å²) in [7, 11) is 1.23. The lowest BCUT2D eigenvalue weighted by Gasteiger charge is -2.18. The minimum Gasteiger partial charge on any atom is -0.480 e. The maximum absolute atomic E-state index is 11.6. The van der Waals surface area contributed by atoms with Gasteiger partial charge >= 0.3 is 11.9 Å². The lowest BCUT2D eigenvalue weighted by Crippen LogP contribution is -2.42. The molecular weight excluding hydrogens is 270 g/mol. The van der Waals surface area contributed by atoms with Gasteiger partial charge in [0.2, 0.25) is 5.91 Å². The van der Waals surface area contributed by atoms with Gasteiger partial charge < -0.3 is 15.2 Å². The Morgan fingerprint density at radius 3 is 2.32 bits per heavy atom. The monoisotopic (exact) mass is 291 g/mol. The number of amides is 1. The van der Waals surface area contributed by atoms with E-state index in [1.54, 1.807) is 0 Å². The zero-order valence-electron chi connectivity index (χ0n) is 11.7. The van der Waals surface area contributed by atoms with Gasteiger partial charge in [-0.15, -0.1) is 11.8 Å². The van der Waals surface area contributed by atoms with Crippen molar-refractivity contribution < 1.29 is 24.2 Å². The van der Waals surface area contributed by atoms with Crippen LogP contribution in [0.2, 0.25) is 0 Å². The van der Waals surface area contributed by atoms with Gasteiger partial charge in [0.25, 0.3) is 0 Å². The first-order chi connectivity index (χ1) is 8.65. The predicted octanol–water partition coefficient (Wildman–Crippen LogP) is 1.04. The van der Waals surface area contributed by atoms with Crippen molar-refractivity contribution in [1.82, 2.24) is 5.32 Å². The quantitative estimate of drug-likeness (QED) is 0.681. The summed E-state index contributed by atoms with van der Waals surface area (Å²) in [4.78, 5) is 33.5. The second-order valence-electron chi connectivity index (χ2n) is 4.97. The molecule has 0 fully saturated rings. The van der Waals surface area contributed by atoms with E-state index in [9.17, 15) is 14.4 Å². The maximum atomic E-state index is 11.6. The predicted molar refractivity (Wildman–Crippen MR) is 73.0 cm³/mol. The van der Waals surface area contributed by atoms with E-state index in [0.29, 0.717) is 0 Å². The van der Waals surface area contributed by atoms with Crippen molar-refractivity contribution in [2.45, 2.75) is 44.4 Å². The molecule has 0 unspecified atom stereocenters. The van der Waals surface area contributed by atoms with Crippen LogP contribution >= 0.6 is 11.8 Å². The molecule has 0 aromatic heterocycles. The number of methoxy groups -OCH3 is 1. The van der Waals surface area contributed by atoms with Crippen LogP contribution in [0.1, 0.15) is 33.6 Å². The van der Waals surface area contributed by atoms with E-state index in [1.807, 2.05) is 20.8 Å². The maximum Gasteiger partial charge on any atom is 0.326 e. The standard InChI is InChI=1S/C12H21NO5S/c1-12(2,3)19-7-9(14)13-8(11(16)17)5-6-10(15)18-4/h8H,5-7H2,1-4H3,(H,13,14)(H,16,17)/t8-/m1/s1. The second kappa shape index (κ2) is 8.04. The molecule has 19 heavy (non-hydrogen) atoms. The number of thioether (sulfide) groups is 1. The Hall–Kier alpha value is -1.24. The summed E-state index contributed by atoms with van der Waals surface area (Å²) >= 11 is 1.43. The Labute approximate surface area is 117 Å². The van der Waals surface area contributed by atoms with Crippen LogP contribution in [0.15, 0.2) is 0 Å². The molecule has 0 radical (unpaired) electrons. The first kappa shape index (κ1) is 17.8. The Kier molecular flexibility index (Phi) is 7.51. The SMILES string of the molecule is COC(=O)CC[C@@H](NC(=O)CSC(C)(C)C)C(=O)O. The molecule has 0 aromatic rings. The van der Waals surface area contributed by atoms with Gasteiger partial charge in [0.15, 0.2) is 0 Å². The highest BCUT2D eigenvalue weighted by atomic mass is 32.2. The Morgan fingerprint density at radius 2 is 1.89 bits per heavy atom. The Balaban J connectivity index is 4.23. The molecule has 1 amide bonds. The van der Waals surface area contributed by atoms with Crippen molar-refractivity contribution in [2.75, 3.05) is 12.9 Å². The fourth-order valence-corrected chi connectivity index (χ4v) is 1.79. The van der Waals surface area contributed by atoms with Crippen LogP contribution in [-0.2, 0) is 19.1 Å². The van der Waals surface area contributed by atoms with Crippen LogP contribution in [0.25, 0.3) is 0 Å². The van der Waals surface area contributed by atoms with Crippen LogP contribution in [0.4, 0.5) is 0 Å². The van der Waals surface area contributed by atoms with Gasteiger partial charge in [0.1, 0.15) is 6.04 Å². The van der Waals surface area contributed by atoms with E-state index >= 15 is 0 Å². The minimum absolute atomic E-state index is 0.0218. The van der Waals surface area contributed by atoms with Crippen molar-refractivity contribution >= 4 is 29.6 Å². The average Bonchev–Trinajstić information content (AvgIpc) is 2.30. The zero-order chi connectivity index (χ0) is 15.1. The number of ether oxygens (including phenoxy) is 1. The van der Waals surface area contributed by atoms with Crippen LogP contribution < -0.4 is 5.32 Å². The number of carbonyl (C=O) groups is 3. The number of carboxylic acids is 1. The van der Waals surface area contributed by atoms with E-state index in [1.165, 1.54) is 18.9 Å². The molecule has 0 saturated carbocycles. The van der Waals surface area contributed by atoms with Crippen LogP contribution in [0.5, 0.6) is 0 Å². The van der Waals surface area contributed by atoms with E-state index in [-0.39, 0.29) is 29.2 Å². The highest BCUT2D eigenvalue weighted by Gasteiger charge is 2.22. The molecule has 0 aliphatic heterocycles. The van der Waals surface area contributed by atoms with Gasteiger partial charge in [-0.05, 0) is 6.42 Å². The number of carbonyl (C=O) groups excluding carboxylic acids is 2. The highest BCUT2D eigenvalue weighted by Crippen LogP contribution is 2.22. The number of hydrogen-bond donors (Lipinski definition) is 2. The van der Waals surface area contributed by atoms with Crippen LogP contribution in [0.3, 0.4) is 0 Å². The minimum atomic E-state index is -1.15. The summed E-state index contributed by atoms with van der Waals surface area (Å²) < 4.78 is 4.36. The molecule has 6 nitrogen and oxygen atoms in total. The first-order valence-electron chi connectivity index (χ1n) is 5.88. The molecular formula is C12H21NO5S. The van der Waals surface area contributed by atoms with E-state index in [4.69, 9.17) is 5.11 Å². The molecule has 0 aromatic carbocycles. The van der Waals surface area contributed by atoms with Gasteiger partial charge in [-0.1, -0.05) is 20.8 Å². The van der Waals surface area contributed by atoms with Gasteiger partial charge in [0.05, 0.1) is 12.9 Å². The molecule has 0 aliphatic carbocycles. The molecule has 0 aliphatic rings. The van der Waals surface area contributed by atoms with E-state index in [0.717, 1.165) is 0 Å². The summed E-state index contributed by atoms with van der Waals surface area (Å²) in [5.74, 6) is -1.81. The topological polar surface area (TPSA) is 92.7 Å². The number of nitrogens with one attached hydrogen (secondary N) is 1. The van der Waals surface area contributed by atoms with Crippen molar-refractivity contribution in [2.24, 2.45) is 0 Å². The summed E-state index contributed by atoms with van der Waals surface area (Å²) in [5, 5.41) is 11.4. The number of hydrogen-bond acceptors (Lipinski definition) is 5. The highest BCUT2D eigenvalue weighted by molar-refractivity contribution is 8.01. The zero-order valence-corrected chi connectivity index (χ0v) is 12.5. The fourth-order valence-electron chi connectivity index (χ4n) is 1.14. The van der Waals surface area contributed by atoms with Gasteiger partial charge in [-0.3, -0.25) is 9.59 Å². The smallest absolute Gasteiger partial charge is 0.326 e. The van der Waals surface area contributed by atoms with Crippen molar-refractivity contribution in [3.63, 3.8) is 0 Å². The molecule has 1 atom stereocenters. The van der Waals surface area contributed by atoms with Gasteiger partial charge in [-0.2, -0.15) is 0 Å². The molecule has 0 spiro atoms. The summed E-state index contributed by atoms with van der Waals surface area (Å²) in [6, 6.07) is -1.06. The summed E-state index contributed by atoms with van der Waals surface area (Å²) in [6.07, 6.45) is -0.0198. The van der Waals surface area contributed by atoms with Gasteiger partial charge in [-0.25, -0.2) is 4.79 Å². The molecule has 7 heteroatoms. The third kappa shape index (κ3) is 9.35. The average molecular weight is 291 g/mol.